The first-order chi connectivity index (χ1) is 16.3. The fourth-order valence-corrected chi connectivity index (χ4v) is 3.53. The van der Waals surface area contributed by atoms with Gasteiger partial charge in [-0.2, -0.15) is 8.78 Å². The minimum atomic E-state index is -3.01. The molecule has 0 saturated carbocycles. The van der Waals surface area contributed by atoms with Crippen molar-refractivity contribution in [3.8, 4) is 5.75 Å². The first-order valence-corrected chi connectivity index (χ1v) is 10.9. The standard InChI is InChI=1S/C23H21F2N3O5S/c1-14-5-7-16(8-6-14)27-19(29)10-20-28-17(13-34-20)12-32-21(30)11-26-22(31)15-3-2-4-18(9-15)33-23(24)25/h2-9,13,23H,10-12H2,1H3,(H,26,31)(H,27,29). The fraction of sp³-hybridized carbons (Fsp3) is 0.217. The summed E-state index contributed by atoms with van der Waals surface area (Å²) in [7, 11) is 0. The molecular weight excluding hydrogens is 468 g/mol. The third-order valence-corrected chi connectivity index (χ3v) is 5.24. The number of thiazole rings is 1. The number of nitrogens with one attached hydrogen (secondary N) is 2. The number of hydrogen-bond donors (Lipinski definition) is 2. The molecule has 11 heteroatoms. The molecule has 0 aliphatic rings. The summed E-state index contributed by atoms with van der Waals surface area (Å²) in [6.07, 6.45) is 0.0802. The van der Waals surface area contributed by atoms with Crippen LogP contribution in [0.2, 0.25) is 0 Å². The minimum absolute atomic E-state index is 0.0546. The number of anilines is 1. The number of aryl methyl sites for hydroxylation is 1. The highest BCUT2D eigenvalue weighted by Crippen LogP contribution is 2.16. The van der Waals surface area contributed by atoms with E-state index in [1.807, 2.05) is 31.2 Å². The smallest absolute Gasteiger partial charge is 0.387 e. The Kier molecular flexibility index (Phi) is 8.63. The molecule has 0 fully saturated rings. The molecule has 0 spiro atoms. The van der Waals surface area contributed by atoms with Crippen LogP contribution in [0, 0.1) is 6.92 Å². The molecule has 0 atom stereocenters. The molecule has 0 unspecified atom stereocenters. The zero-order chi connectivity index (χ0) is 24.5. The summed E-state index contributed by atoms with van der Waals surface area (Å²) in [4.78, 5) is 40.5. The Labute approximate surface area is 197 Å². The molecule has 0 aliphatic carbocycles. The van der Waals surface area contributed by atoms with E-state index >= 15 is 0 Å². The molecule has 3 rings (SSSR count). The predicted molar refractivity (Wildman–Crippen MR) is 121 cm³/mol. The van der Waals surface area contributed by atoms with Crippen molar-refractivity contribution in [3.63, 3.8) is 0 Å². The molecule has 8 nitrogen and oxygen atoms in total. The van der Waals surface area contributed by atoms with Crippen LogP contribution in [0.3, 0.4) is 0 Å². The summed E-state index contributed by atoms with van der Waals surface area (Å²) in [5.74, 6) is -1.74. The lowest BCUT2D eigenvalue weighted by Gasteiger charge is -2.08. The molecule has 3 aromatic rings. The zero-order valence-corrected chi connectivity index (χ0v) is 18.9. The van der Waals surface area contributed by atoms with Crippen molar-refractivity contribution in [2.45, 2.75) is 26.6 Å². The van der Waals surface area contributed by atoms with Gasteiger partial charge in [0.15, 0.2) is 0 Å². The van der Waals surface area contributed by atoms with E-state index in [0.29, 0.717) is 16.4 Å². The largest absolute Gasteiger partial charge is 0.458 e. The molecule has 1 heterocycles. The van der Waals surface area contributed by atoms with Gasteiger partial charge in [0.05, 0.1) is 12.1 Å². The Morgan fingerprint density at radius 3 is 2.62 bits per heavy atom. The van der Waals surface area contributed by atoms with Gasteiger partial charge in [-0.3, -0.25) is 14.4 Å². The van der Waals surface area contributed by atoms with Crippen LogP contribution in [-0.2, 0) is 27.4 Å². The molecule has 0 bridgehead atoms. The molecule has 0 saturated heterocycles. The van der Waals surface area contributed by atoms with Crippen molar-refractivity contribution in [2.75, 3.05) is 11.9 Å². The SMILES string of the molecule is Cc1ccc(NC(=O)Cc2nc(COC(=O)CNC(=O)c3cccc(OC(F)F)c3)cs2)cc1. The van der Waals surface area contributed by atoms with E-state index in [2.05, 4.69) is 20.4 Å². The van der Waals surface area contributed by atoms with Gasteiger partial charge in [-0.15, -0.1) is 11.3 Å². The number of ether oxygens (including phenoxy) is 2. The normalized spacial score (nSPS) is 10.6. The van der Waals surface area contributed by atoms with Gasteiger partial charge in [0.1, 0.15) is 23.9 Å². The van der Waals surface area contributed by atoms with Crippen LogP contribution < -0.4 is 15.4 Å². The Bertz CT molecular complexity index is 1150. The zero-order valence-electron chi connectivity index (χ0n) is 18.0. The van der Waals surface area contributed by atoms with Crippen molar-refractivity contribution in [1.29, 1.82) is 0 Å². The molecule has 2 amide bonds. The summed E-state index contributed by atoms with van der Waals surface area (Å²) in [6.45, 7) is -1.60. The van der Waals surface area contributed by atoms with Gasteiger partial charge in [0.2, 0.25) is 5.91 Å². The van der Waals surface area contributed by atoms with E-state index < -0.39 is 25.0 Å². The Balaban J connectivity index is 1.41. The summed E-state index contributed by atoms with van der Waals surface area (Å²) in [5, 5.41) is 7.37. The van der Waals surface area contributed by atoms with Gasteiger partial charge in [0, 0.05) is 16.6 Å². The quantitative estimate of drug-likeness (QED) is 0.421. The highest BCUT2D eigenvalue weighted by molar-refractivity contribution is 7.09. The van der Waals surface area contributed by atoms with Crippen LogP contribution >= 0.6 is 11.3 Å². The second-order valence-corrected chi connectivity index (χ2v) is 8.02. The molecule has 2 N–H and O–H groups in total. The lowest BCUT2D eigenvalue weighted by molar-refractivity contribution is -0.143. The van der Waals surface area contributed by atoms with Crippen molar-refractivity contribution in [2.24, 2.45) is 0 Å². The van der Waals surface area contributed by atoms with Gasteiger partial charge < -0.3 is 20.1 Å². The van der Waals surface area contributed by atoms with E-state index in [9.17, 15) is 23.2 Å². The van der Waals surface area contributed by atoms with Crippen LogP contribution in [0.4, 0.5) is 14.5 Å². The van der Waals surface area contributed by atoms with E-state index in [0.717, 1.165) is 11.6 Å². The summed E-state index contributed by atoms with van der Waals surface area (Å²) < 4.78 is 33.9. The molecule has 0 radical (unpaired) electrons. The molecule has 34 heavy (non-hydrogen) atoms. The van der Waals surface area contributed by atoms with Gasteiger partial charge in [-0.25, -0.2) is 4.98 Å². The van der Waals surface area contributed by atoms with E-state index in [1.54, 1.807) is 5.38 Å². The van der Waals surface area contributed by atoms with Crippen molar-refractivity contribution < 1.29 is 32.6 Å². The van der Waals surface area contributed by atoms with Crippen molar-refractivity contribution >= 4 is 34.8 Å². The second kappa shape index (κ2) is 11.8. The van der Waals surface area contributed by atoms with Crippen LogP contribution in [0.25, 0.3) is 0 Å². The van der Waals surface area contributed by atoms with E-state index in [4.69, 9.17) is 4.74 Å². The maximum atomic E-state index is 12.3. The number of carbonyl (C=O) groups is 3. The molecule has 2 aromatic carbocycles. The van der Waals surface area contributed by atoms with Crippen molar-refractivity contribution in [1.82, 2.24) is 10.3 Å². The Morgan fingerprint density at radius 2 is 1.88 bits per heavy atom. The fourth-order valence-electron chi connectivity index (χ4n) is 2.75. The average molecular weight is 490 g/mol. The average Bonchev–Trinajstić information content (AvgIpc) is 3.24. The number of aromatic nitrogens is 1. The number of benzene rings is 2. The monoisotopic (exact) mass is 489 g/mol. The highest BCUT2D eigenvalue weighted by atomic mass is 32.1. The van der Waals surface area contributed by atoms with Gasteiger partial charge in [-0.05, 0) is 37.3 Å². The lowest BCUT2D eigenvalue weighted by Crippen LogP contribution is -2.30. The molecule has 1 aromatic heterocycles. The number of hydrogen-bond acceptors (Lipinski definition) is 7. The summed E-state index contributed by atoms with van der Waals surface area (Å²) in [5.41, 5.74) is 2.31. The number of esters is 1. The van der Waals surface area contributed by atoms with Crippen LogP contribution in [0.15, 0.2) is 53.9 Å². The maximum absolute atomic E-state index is 12.3. The molecule has 178 valence electrons. The first-order valence-electron chi connectivity index (χ1n) is 10.1. The predicted octanol–water partition coefficient (Wildman–Crippen LogP) is 3.71. The van der Waals surface area contributed by atoms with Crippen molar-refractivity contribution in [3.05, 3.63) is 75.7 Å². The number of alkyl halides is 2. The third kappa shape index (κ3) is 7.93. The number of carbonyl (C=O) groups excluding carboxylic acids is 3. The van der Waals surface area contributed by atoms with Gasteiger partial charge in [-0.1, -0.05) is 23.8 Å². The highest BCUT2D eigenvalue weighted by Gasteiger charge is 2.13. The van der Waals surface area contributed by atoms with Crippen LogP contribution in [0.1, 0.15) is 26.6 Å². The number of nitrogens with zero attached hydrogens (tertiary/aromatic N) is 1. The van der Waals surface area contributed by atoms with E-state index in [-0.39, 0.29) is 30.2 Å². The Morgan fingerprint density at radius 1 is 1.12 bits per heavy atom. The molecule has 0 aliphatic heterocycles. The van der Waals surface area contributed by atoms with Gasteiger partial charge >= 0.3 is 12.6 Å². The second-order valence-electron chi connectivity index (χ2n) is 7.07. The topological polar surface area (TPSA) is 107 Å². The summed E-state index contributed by atoms with van der Waals surface area (Å²) >= 11 is 1.27. The van der Waals surface area contributed by atoms with Crippen LogP contribution in [0.5, 0.6) is 5.75 Å². The number of rotatable bonds is 10. The first kappa shape index (κ1) is 24.8. The Hall–Kier alpha value is -3.86. The summed E-state index contributed by atoms with van der Waals surface area (Å²) in [6, 6.07) is 12.6. The number of halogens is 2. The lowest BCUT2D eigenvalue weighted by atomic mass is 10.2. The molecular formula is C23H21F2N3O5S. The number of amides is 2. The third-order valence-electron chi connectivity index (χ3n) is 4.34. The van der Waals surface area contributed by atoms with Crippen LogP contribution in [-0.4, -0.2) is 35.9 Å². The van der Waals surface area contributed by atoms with Gasteiger partial charge in [0.25, 0.3) is 5.91 Å². The minimum Gasteiger partial charge on any atom is -0.458 e. The maximum Gasteiger partial charge on any atom is 0.387 e. The van der Waals surface area contributed by atoms with E-state index in [1.165, 1.54) is 29.5 Å².